The van der Waals surface area contributed by atoms with Gasteiger partial charge in [0.1, 0.15) is 18.5 Å². The summed E-state index contributed by atoms with van der Waals surface area (Å²) in [5.74, 6) is 8.14. The van der Waals surface area contributed by atoms with Gasteiger partial charge in [0.05, 0.1) is 6.61 Å². The largest absolute Gasteiger partial charge is 0.490 e. The molecule has 6 heteroatoms. The van der Waals surface area contributed by atoms with E-state index in [1.54, 1.807) is 0 Å². The van der Waals surface area contributed by atoms with Crippen LogP contribution in [0.25, 0.3) is 0 Å². The molecule has 0 spiro atoms. The van der Waals surface area contributed by atoms with Crippen LogP contribution in [0.3, 0.4) is 0 Å². The Morgan fingerprint density at radius 2 is 1.70 bits per heavy atom. The summed E-state index contributed by atoms with van der Waals surface area (Å²) in [5.41, 5.74) is 3.69. The fourth-order valence-corrected chi connectivity index (χ4v) is 6.34. The van der Waals surface area contributed by atoms with Crippen LogP contribution in [0.1, 0.15) is 109 Å². The number of cyclic esters (lactones) is 1. The zero-order valence-corrected chi connectivity index (χ0v) is 28.8. The van der Waals surface area contributed by atoms with Gasteiger partial charge < -0.3 is 19.3 Å². The zero-order chi connectivity index (χ0) is 33.5. The molecular weight excluding hydrogens is 576 g/mol. The van der Waals surface area contributed by atoms with Crippen LogP contribution in [-0.4, -0.2) is 42.0 Å². The van der Waals surface area contributed by atoms with Crippen molar-refractivity contribution in [3.05, 3.63) is 76.4 Å². The second kappa shape index (κ2) is 15.4. The summed E-state index contributed by atoms with van der Waals surface area (Å²) in [6.07, 6.45) is 6.41. The molecule has 0 bridgehead atoms. The van der Waals surface area contributed by atoms with E-state index >= 15 is 0 Å². The van der Waals surface area contributed by atoms with E-state index < -0.39 is 24.1 Å². The van der Waals surface area contributed by atoms with Crippen LogP contribution in [0.4, 0.5) is 0 Å². The quantitative estimate of drug-likeness (QED) is 0.147. The first-order valence-electron chi connectivity index (χ1n) is 16.9. The van der Waals surface area contributed by atoms with Gasteiger partial charge in [0.25, 0.3) is 0 Å². The van der Waals surface area contributed by atoms with Gasteiger partial charge in [-0.2, -0.15) is 0 Å². The molecule has 1 saturated heterocycles. The summed E-state index contributed by atoms with van der Waals surface area (Å²) >= 11 is 0. The lowest BCUT2D eigenvalue weighted by atomic mass is 9.86. The summed E-state index contributed by atoms with van der Waals surface area (Å²) in [4.78, 5) is 25.4. The van der Waals surface area contributed by atoms with Gasteiger partial charge in [0.15, 0.2) is 5.60 Å². The Bertz CT molecular complexity index is 1440. The molecule has 0 saturated carbocycles. The first-order valence-corrected chi connectivity index (χ1v) is 16.9. The number of allylic oxidation sites excluding steroid dienone is 1. The van der Waals surface area contributed by atoms with Gasteiger partial charge in [-0.1, -0.05) is 78.5 Å². The van der Waals surface area contributed by atoms with Crippen LogP contribution in [0, 0.1) is 29.6 Å². The minimum atomic E-state index is -1.23. The van der Waals surface area contributed by atoms with Crippen molar-refractivity contribution in [3.63, 3.8) is 0 Å². The van der Waals surface area contributed by atoms with Crippen molar-refractivity contribution in [3.8, 4) is 17.6 Å². The van der Waals surface area contributed by atoms with Gasteiger partial charge in [-0.25, -0.2) is 4.79 Å². The average Bonchev–Trinajstić information content (AvgIpc) is 3.55. The molecule has 1 fully saturated rings. The lowest BCUT2D eigenvalue weighted by Crippen LogP contribution is -2.39. The maximum atomic E-state index is 12.7. The second-order valence-corrected chi connectivity index (χ2v) is 15.0. The zero-order valence-electron chi connectivity index (χ0n) is 28.8. The van der Waals surface area contributed by atoms with Gasteiger partial charge in [-0.15, -0.1) is 0 Å². The highest BCUT2D eigenvalue weighted by Crippen LogP contribution is 2.34. The maximum Gasteiger partial charge on any atom is 0.334 e. The second-order valence-electron chi connectivity index (χ2n) is 15.0. The third-order valence-electron chi connectivity index (χ3n) is 8.75. The molecule has 0 radical (unpaired) electrons. The molecule has 2 aliphatic rings. The fraction of sp³-hybridized carbons (Fsp3) is 0.550. The first kappa shape index (κ1) is 35.3. The van der Waals surface area contributed by atoms with Crippen molar-refractivity contribution in [2.24, 2.45) is 17.8 Å². The molecule has 2 aromatic carbocycles. The molecule has 0 unspecified atom stereocenters. The Balaban J connectivity index is 1.25. The SMILES string of the molecule is CC(C)CC(C/C=C1\C[C@@](CO)(COC(=O)CC[C@@H]2Cc3cc(C#Cc4ccc(C(C)(C)C)cc4)ccc3O2)OC1=O)CC(C)C. The van der Waals surface area contributed by atoms with Crippen molar-refractivity contribution in [2.75, 3.05) is 13.2 Å². The van der Waals surface area contributed by atoms with Gasteiger partial charge in [0, 0.05) is 36.0 Å². The van der Waals surface area contributed by atoms with Crippen molar-refractivity contribution >= 4 is 11.9 Å². The number of benzene rings is 2. The van der Waals surface area contributed by atoms with Crippen molar-refractivity contribution < 1.29 is 28.9 Å². The Hall–Kier alpha value is -3.56. The predicted octanol–water partition coefficient (Wildman–Crippen LogP) is 7.71. The number of aliphatic hydroxyl groups excluding tert-OH is 1. The maximum absolute atomic E-state index is 12.7. The highest BCUT2D eigenvalue weighted by Gasteiger charge is 2.44. The van der Waals surface area contributed by atoms with Crippen molar-refractivity contribution in [1.82, 2.24) is 0 Å². The Morgan fingerprint density at radius 3 is 2.33 bits per heavy atom. The molecular formula is C40H52O6. The first-order chi connectivity index (χ1) is 21.7. The normalized spacial score (nSPS) is 20.1. The van der Waals surface area contributed by atoms with Crippen molar-refractivity contribution in [1.29, 1.82) is 0 Å². The van der Waals surface area contributed by atoms with E-state index in [1.807, 2.05) is 18.2 Å². The number of hydrogen-bond acceptors (Lipinski definition) is 6. The van der Waals surface area contributed by atoms with Crippen LogP contribution in [0.2, 0.25) is 0 Å². The highest BCUT2D eigenvalue weighted by molar-refractivity contribution is 5.91. The average molecular weight is 629 g/mol. The summed E-state index contributed by atoms with van der Waals surface area (Å²) in [6, 6.07) is 14.3. The Labute approximate surface area is 275 Å². The molecule has 2 atom stereocenters. The van der Waals surface area contributed by atoms with E-state index in [0.29, 0.717) is 36.2 Å². The third-order valence-corrected chi connectivity index (χ3v) is 8.75. The minimum Gasteiger partial charge on any atom is -0.490 e. The van der Waals surface area contributed by atoms with E-state index in [1.165, 1.54) is 5.56 Å². The molecule has 0 aromatic heterocycles. The lowest BCUT2D eigenvalue weighted by molar-refractivity contribution is -0.166. The molecule has 2 aliphatic heterocycles. The van der Waals surface area contributed by atoms with Crippen LogP contribution in [0.15, 0.2) is 54.1 Å². The molecule has 0 aliphatic carbocycles. The highest BCUT2D eigenvalue weighted by atomic mass is 16.6. The summed E-state index contributed by atoms with van der Waals surface area (Å²) in [5, 5.41) is 10.1. The van der Waals surface area contributed by atoms with Crippen molar-refractivity contribution in [2.45, 2.75) is 111 Å². The van der Waals surface area contributed by atoms with Gasteiger partial charge in [-0.05, 0) is 90.3 Å². The number of hydrogen-bond donors (Lipinski definition) is 1. The topological polar surface area (TPSA) is 82.1 Å². The van der Waals surface area contributed by atoms with Crippen LogP contribution in [0.5, 0.6) is 5.75 Å². The molecule has 2 aromatic rings. The number of fused-ring (bicyclic) bond motifs is 1. The minimum absolute atomic E-state index is 0.108. The number of carbonyl (C=O) groups excluding carboxylic acids is 2. The van der Waals surface area contributed by atoms with Gasteiger partial charge in [-0.3, -0.25) is 4.79 Å². The summed E-state index contributed by atoms with van der Waals surface area (Å²) in [6.45, 7) is 14.9. The molecule has 1 N–H and O–H groups in total. The monoisotopic (exact) mass is 628 g/mol. The number of carbonyl (C=O) groups is 2. The number of aliphatic hydroxyl groups is 1. The lowest BCUT2D eigenvalue weighted by Gasteiger charge is -2.24. The van der Waals surface area contributed by atoms with E-state index in [9.17, 15) is 14.7 Å². The molecule has 4 rings (SSSR count). The standard InChI is InChI=1S/C40H52O6/c1-27(2)20-31(21-28(3)4)10-14-32-24-40(25-41,46-38(32)43)26-44-37(42)19-17-35-23-33-22-30(13-18-36(33)45-35)9-8-29-11-15-34(16-12-29)39(5,6)7/h11-16,18,22,27-28,31,35,41H,10,17,19-21,23-26H2,1-7H3/b32-14+/t35-,40-/m1/s1. The molecule has 248 valence electrons. The molecule has 6 nitrogen and oxygen atoms in total. The number of ether oxygens (including phenoxy) is 3. The summed E-state index contributed by atoms with van der Waals surface area (Å²) < 4.78 is 17.2. The van der Waals surface area contributed by atoms with Crippen LogP contribution < -0.4 is 4.74 Å². The number of rotatable bonds is 12. The number of esters is 2. The van der Waals surface area contributed by atoms with Gasteiger partial charge in [0.2, 0.25) is 0 Å². The Morgan fingerprint density at radius 1 is 1.04 bits per heavy atom. The third kappa shape index (κ3) is 9.97. The summed E-state index contributed by atoms with van der Waals surface area (Å²) in [7, 11) is 0. The van der Waals surface area contributed by atoms with Gasteiger partial charge >= 0.3 is 11.9 Å². The molecule has 0 amide bonds. The Kier molecular flexibility index (Phi) is 11.8. The van der Waals surface area contributed by atoms with Crippen LogP contribution >= 0.6 is 0 Å². The molecule has 2 heterocycles. The van der Waals surface area contributed by atoms with E-state index in [-0.39, 0.29) is 31.0 Å². The van der Waals surface area contributed by atoms with E-state index in [0.717, 1.165) is 41.7 Å². The van der Waals surface area contributed by atoms with Crippen LogP contribution in [-0.2, 0) is 30.9 Å². The smallest absolute Gasteiger partial charge is 0.334 e. The fourth-order valence-electron chi connectivity index (χ4n) is 6.34. The molecule has 46 heavy (non-hydrogen) atoms. The van der Waals surface area contributed by atoms with E-state index in [4.69, 9.17) is 14.2 Å². The predicted molar refractivity (Wildman–Crippen MR) is 182 cm³/mol. The van der Waals surface area contributed by atoms with E-state index in [2.05, 4.69) is 90.6 Å².